The first-order valence-electron chi connectivity index (χ1n) is 10.4. The van der Waals surface area contributed by atoms with Crippen LogP contribution in [0.1, 0.15) is 21.9 Å². The first-order chi connectivity index (χ1) is 15.2. The Balaban J connectivity index is 1.31. The molecule has 0 radical (unpaired) electrons. The van der Waals surface area contributed by atoms with Gasteiger partial charge in [0, 0.05) is 32.7 Å². The zero-order valence-corrected chi connectivity index (χ0v) is 18.7. The molecule has 0 saturated carbocycles. The first-order valence-corrected chi connectivity index (χ1v) is 11.2. The van der Waals surface area contributed by atoms with Crippen LogP contribution in [0.4, 0.5) is 0 Å². The van der Waals surface area contributed by atoms with Gasteiger partial charge in [0.25, 0.3) is 5.91 Å². The average molecular weight is 479 g/mol. The summed E-state index contributed by atoms with van der Waals surface area (Å²) in [7, 11) is 0. The van der Waals surface area contributed by atoms with Crippen LogP contribution < -0.4 is 0 Å². The number of hydrogen-bond acceptors (Lipinski definition) is 4. The van der Waals surface area contributed by atoms with Crippen molar-refractivity contribution in [2.24, 2.45) is 0 Å². The molecule has 0 unspecified atom stereocenters. The highest BCUT2D eigenvalue weighted by atomic mass is 79.9. The normalized spacial score (nSPS) is 14.9. The van der Waals surface area contributed by atoms with Gasteiger partial charge in [-0.3, -0.25) is 9.69 Å². The Morgan fingerprint density at radius 1 is 0.903 bits per heavy atom. The first kappa shape index (κ1) is 20.0. The zero-order valence-electron chi connectivity index (χ0n) is 17.1. The highest BCUT2D eigenvalue weighted by molar-refractivity contribution is 9.10. The molecule has 4 aromatic rings. The maximum absolute atomic E-state index is 12.6. The Bertz CT molecular complexity index is 1190. The van der Waals surface area contributed by atoms with Crippen LogP contribution in [0.15, 0.2) is 75.8 Å². The number of amides is 1. The zero-order chi connectivity index (χ0) is 21.2. The number of halogens is 1. The predicted molar refractivity (Wildman–Crippen MR) is 123 cm³/mol. The average Bonchev–Trinajstić information content (AvgIpc) is 3.38. The van der Waals surface area contributed by atoms with Gasteiger partial charge in [0.15, 0.2) is 10.4 Å². The number of carbonyl (C=O) groups is 1. The van der Waals surface area contributed by atoms with Crippen molar-refractivity contribution in [2.45, 2.75) is 13.1 Å². The third kappa shape index (κ3) is 4.29. The summed E-state index contributed by atoms with van der Waals surface area (Å²) in [5, 5.41) is 0. The number of fused-ring (bicyclic) bond motifs is 1. The summed E-state index contributed by atoms with van der Waals surface area (Å²) in [6, 6.07) is 22.2. The molecule has 3 heterocycles. The second-order valence-corrected chi connectivity index (χ2v) is 8.54. The molecular formula is C24H23BrN4O2. The van der Waals surface area contributed by atoms with Gasteiger partial charge in [-0.05, 0) is 45.8 Å². The van der Waals surface area contributed by atoms with Crippen molar-refractivity contribution in [1.82, 2.24) is 19.4 Å². The molecule has 5 rings (SSSR count). The van der Waals surface area contributed by atoms with E-state index in [9.17, 15) is 4.79 Å². The van der Waals surface area contributed by atoms with Gasteiger partial charge >= 0.3 is 0 Å². The maximum Gasteiger partial charge on any atom is 0.289 e. The summed E-state index contributed by atoms with van der Waals surface area (Å²) >= 11 is 3.26. The third-order valence-electron chi connectivity index (χ3n) is 5.73. The van der Waals surface area contributed by atoms with E-state index < -0.39 is 0 Å². The van der Waals surface area contributed by atoms with Crippen LogP contribution in [-0.2, 0) is 13.1 Å². The van der Waals surface area contributed by atoms with Crippen molar-refractivity contribution in [3.05, 3.63) is 88.5 Å². The molecule has 1 amide bonds. The van der Waals surface area contributed by atoms with E-state index in [0.717, 1.165) is 43.0 Å². The lowest BCUT2D eigenvalue weighted by atomic mass is 10.2. The highest BCUT2D eigenvalue weighted by Crippen LogP contribution is 2.21. The molecule has 0 N–H and O–H groups in total. The maximum atomic E-state index is 12.6. The molecule has 7 heteroatoms. The summed E-state index contributed by atoms with van der Waals surface area (Å²) in [6.45, 7) is 4.52. The van der Waals surface area contributed by atoms with Crippen LogP contribution in [0.2, 0.25) is 0 Å². The predicted octanol–water partition coefficient (Wildman–Crippen LogP) is 4.40. The second-order valence-electron chi connectivity index (χ2n) is 7.76. The van der Waals surface area contributed by atoms with Crippen LogP contribution in [0.3, 0.4) is 0 Å². The van der Waals surface area contributed by atoms with Crippen molar-refractivity contribution >= 4 is 32.9 Å². The molecule has 2 aromatic carbocycles. The quantitative estimate of drug-likeness (QED) is 0.426. The van der Waals surface area contributed by atoms with Gasteiger partial charge in [-0.25, -0.2) is 4.98 Å². The minimum Gasteiger partial charge on any atom is -0.444 e. The van der Waals surface area contributed by atoms with Crippen molar-refractivity contribution < 1.29 is 9.21 Å². The molecule has 0 aliphatic carbocycles. The van der Waals surface area contributed by atoms with Crippen molar-refractivity contribution in [3.8, 4) is 0 Å². The van der Waals surface area contributed by atoms with Crippen LogP contribution in [-0.4, -0.2) is 51.4 Å². The number of nitrogens with zero attached hydrogens (tertiary/aromatic N) is 4. The van der Waals surface area contributed by atoms with Crippen LogP contribution in [0.5, 0.6) is 0 Å². The van der Waals surface area contributed by atoms with E-state index in [4.69, 9.17) is 9.40 Å². The van der Waals surface area contributed by atoms with E-state index in [1.807, 2.05) is 17.0 Å². The van der Waals surface area contributed by atoms with Crippen molar-refractivity contribution in [2.75, 3.05) is 26.2 Å². The Kier molecular flexibility index (Phi) is 5.61. The molecule has 2 aromatic heterocycles. The summed E-state index contributed by atoms with van der Waals surface area (Å²) in [5.41, 5.74) is 3.43. The summed E-state index contributed by atoms with van der Waals surface area (Å²) in [5.74, 6) is 1.38. The fourth-order valence-electron chi connectivity index (χ4n) is 4.08. The largest absolute Gasteiger partial charge is 0.444 e. The summed E-state index contributed by atoms with van der Waals surface area (Å²) in [4.78, 5) is 21.8. The molecule has 0 atom stereocenters. The number of hydrogen-bond donors (Lipinski definition) is 0. The number of piperazine rings is 1. The van der Waals surface area contributed by atoms with Gasteiger partial charge in [-0.15, -0.1) is 0 Å². The van der Waals surface area contributed by atoms with Crippen LogP contribution in [0.25, 0.3) is 11.0 Å². The fraction of sp³-hybridized carbons (Fsp3) is 0.250. The van der Waals surface area contributed by atoms with E-state index in [1.54, 1.807) is 12.1 Å². The number of aromatic nitrogens is 2. The Labute approximate surface area is 189 Å². The fourth-order valence-corrected chi connectivity index (χ4v) is 4.39. The minimum absolute atomic E-state index is 0.0540. The molecule has 1 fully saturated rings. The number of para-hydroxylation sites is 2. The van der Waals surface area contributed by atoms with Crippen molar-refractivity contribution in [1.29, 1.82) is 0 Å². The SMILES string of the molecule is O=C(c1ccc(Br)o1)N1CCN(Cc2nc3ccccc3n2Cc2ccccc2)CC1. The summed E-state index contributed by atoms with van der Waals surface area (Å²) in [6.07, 6.45) is 0. The van der Waals surface area contributed by atoms with Gasteiger partial charge in [-0.1, -0.05) is 42.5 Å². The van der Waals surface area contributed by atoms with Gasteiger partial charge in [0.1, 0.15) is 5.82 Å². The molecule has 158 valence electrons. The Morgan fingerprint density at radius 3 is 2.39 bits per heavy atom. The summed E-state index contributed by atoms with van der Waals surface area (Å²) < 4.78 is 8.31. The molecule has 31 heavy (non-hydrogen) atoms. The Morgan fingerprint density at radius 2 is 1.65 bits per heavy atom. The number of carbonyl (C=O) groups excluding carboxylic acids is 1. The third-order valence-corrected chi connectivity index (χ3v) is 6.15. The van der Waals surface area contributed by atoms with Gasteiger partial charge in [-0.2, -0.15) is 0 Å². The molecular weight excluding hydrogens is 456 g/mol. The molecule has 0 spiro atoms. The number of imidazole rings is 1. The molecule has 0 bridgehead atoms. The molecule has 6 nitrogen and oxygen atoms in total. The highest BCUT2D eigenvalue weighted by Gasteiger charge is 2.25. The van der Waals surface area contributed by atoms with E-state index in [2.05, 4.69) is 67.9 Å². The molecule has 1 saturated heterocycles. The molecule has 1 aliphatic rings. The Hall–Kier alpha value is -2.90. The van der Waals surface area contributed by atoms with E-state index in [1.165, 1.54) is 5.56 Å². The minimum atomic E-state index is -0.0540. The molecule has 1 aliphatic heterocycles. The number of benzene rings is 2. The lowest BCUT2D eigenvalue weighted by molar-refractivity contribution is 0.0592. The van der Waals surface area contributed by atoms with Gasteiger partial charge < -0.3 is 13.9 Å². The van der Waals surface area contributed by atoms with Gasteiger partial charge in [0.05, 0.1) is 17.6 Å². The van der Waals surface area contributed by atoms with E-state index in [-0.39, 0.29) is 5.91 Å². The van der Waals surface area contributed by atoms with E-state index >= 15 is 0 Å². The number of rotatable bonds is 5. The van der Waals surface area contributed by atoms with Gasteiger partial charge in [0.2, 0.25) is 0 Å². The topological polar surface area (TPSA) is 54.5 Å². The lowest BCUT2D eigenvalue weighted by Gasteiger charge is -2.34. The smallest absolute Gasteiger partial charge is 0.289 e. The number of furan rings is 1. The van der Waals surface area contributed by atoms with E-state index in [0.29, 0.717) is 23.5 Å². The lowest BCUT2D eigenvalue weighted by Crippen LogP contribution is -2.48. The van der Waals surface area contributed by atoms with Crippen molar-refractivity contribution in [3.63, 3.8) is 0 Å². The van der Waals surface area contributed by atoms with Crippen LogP contribution in [0, 0.1) is 0 Å². The standard InChI is InChI=1S/C24H23BrN4O2/c25-22-11-10-21(31-22)24(30)28-14-12-27(13-15-28)17-23-26-19-8-4-5-9-20(19)29(23)16-18-6-2-1-3-7-18/h1-11H,12-17H2. The monoisotopic (exact) mass is 478 g/mol. The van der Waals surface area contributed by atoms with Crippen LogP contribution >= 0.6 is 15.9 Å². The second kappa shape index (κ2) is 8.69.